The lowest BCUT2D eigenvalue weighted by atomic mass is 10.2. The van der Waals surface area contributed by atoms with Crippen molar-refractivity contribution >= 4 is 15.9 Å². The number of benzene rings is 1. The SMILES string of the molecule is CCCNCCCN(C)S(=O)(=O)Nc1cc(C)cc(F)c1. The van der Waals surface area contributed by atoms with E-state index in [2.05, 4.69) is 17.0 Å². The predicted octanol–water partition coefficient (Wildman–Crippen LogP) is 2.11. The Morgan fingerprint density at radius 1 is 1.24 bits per heavy atom. The summed E-state index contributed by atoms with van der Waals surface area (Å²) in [7, 11) is -2.14. The van der Waals surface area contributed by atoms with Gasteiger partial charge < -0.3 is 5.32 Å². The van der Waals surface area contributed by atoms with E-state index >= 15 is 0 Å². The minimum atomic E-state index is -3.65. The zero-order valence-electron chi connectivity index (χ0n) is 12.8. The standard InChI is InChI=1S/C14H24FN3O2S/c1-4-6-16-7-5-8-18(3)21(19,20)17-14-10-12(2)9-13(15)11-14/h9-11,16-17H,4-8H2,1-3H3. The monoisotopic (exact) mass is 317 g/mol. The van der Waals surface area contributed by atoms with Gasteiger partial charge in [0.2, 0.25) is 0 Å². The molecule has 120 valence electrons. The highest BCUT2D eigenvalue weighted by Crippen LogP contribution is 2.15. The van der Waals surface area contributed by atoms with Crippen molar-refractivity contribution in [1.29, 1.82) is 0 Å². The molecule has 0 saturated carbocycles. The minimum absolute atomic E-state index is 0.239. The molecule has 0 fully saturated rings. The third kappa shape index (κ3) is 6.41. The molecule has 21 heavy (non-hydrogen) atoms. The highest BCUT2D eigenvalue weighted by molar-refractivity contribution is 7.90. The van der Waals surface area contributed by atoms with Gasteiger partial charge in [-0.2, -0.15) is 12.7 Å². The van der Waals surface area contributed by atoms with E-state index < -0.39 is 16.0 Å². The van der Waals surface area contributed by atoms with E-state index in [9.17, 15) is 12.8 Å². The topological polar surface area (TPSA) is 61.4 Å². The van der Waals surface area contributed by atoms with Gasteiger partial charge in [-0.1, -0.05) is 6.92 Å². The smallest absolute Gasteiger partial charge is 0.301 e. The van der Waals surface area contributed by atoms with Crippen LogP contribution in [0.1, 0.15) is 25.3 Å². The van der Waals surface area contributed by atoms with Crippen molar-refractivity contribution in [3.63, 3.8) is 0 Å². The van der Waals surface area contributed by atoms with Crippen molar-refractivity contribution in [2.75, 3.05) is 31.4 Å². The number of halogens is 1. The van der Waals surface area contributed by atoms with E-state index in [1.807, 2.05) is 0 Å². The van der Waals surface area contributed by atoms with Crippen molar-refractivity contribution in [1.82, 2.24) is 9.62 Å². The molecule has 1 aromatic rings. The third-order valence-electron chi connectivity index (χ3n) is 2.95. The summed E-state index contributed by atoms with van der Waals surface area (Å²) in [6, 6.07) is 4.11. The summed E-state index contributed by atoms with van der Waals surface area (Å²) in [6.07, 6.45) is 1.77. The molecule has 0 spiro atoms. The van der Waals surface area contributed by atoms with Gasteiger partial charge in [0.15, 0.2) is 0 Å². The maximum absolute atomic E-state index is 13.3. The van der Waals surface area contributed by atoms with Crippen LogP contribution in [0.25, 0.3) is 0 Å². The molecule has 1 aromatic carbocycles. The van der Waals surface area contributed by atoms with Crippen LogP contribution >= 0.6 is 0 Å². The normalized spacial score (nSPS) is 11.9. The molecule has 0 aliphatic heterocycles. The van der Waals surface area contributed by atoms with Gasteiger partial charge in [-0.3, -0.25) is 4.72 Å². The van der Waals surface area contributed by atoms with E-state index in [1.165, 1.54) is 23.5 Å². The molecule has 5 nitrogen and oxygen atoms in total. The highest BCUT2D eigenvalue weighted by Gasteiger charge is 2.17. The second-order valence-electron chi connectivity index (χ2n) is 5.05. The van der Waals surface area contributed by atoms with Crippen LogP contribution in [-0.4, -0.2) is 39.4 Å². The lowest BCUT2D eigenvalue weighted by molar-refractivity contribution is 0.458. The van der Waals surface area contributed by atoms with Crippen LogP contribution in [-0.2, 0) is 10.2 Å². The summed E-state index contributed by atoms with van der Waals surface area (Å²) < 4.78 is 41.1. The Bertz CT molecular complexity index is 529. The average molecular weight is 317 g/mol. The molecule has 0 aliphatic carbocycles. The van der Waals surface area contributed by atoms with Gasteiger partial charge in [0.1, 0.15) is 5.82 Å². The quantitative estimate of drug-likeness (QED) is 0.686. The molecule has 0 saturated heterocycles. The fourth-order valence-electron chi connectivity index (χ4n) is 1.87. The van der Waals surface area contributed by atoms with E-state index in [0.29, 0.717) is 12.1 Å². The van der Waals surface area contributed by atoms with E-state index in [0.717, 1.165) is 25.9 Å². The summed E-state index contributed by atoms with van der Waals surface area (Å²) in [5.74, 6) is -0.459. The largest absolute Gasteiger partial charge is 0.317 e. The van der Waals surface area contributed by atoms with Crippen LogP contribution < -0.4 is 10.0 Å². The summed E-state index contributed by atoms with van der Waals surface area (Å²) in [5.41, 5.74) is 0.905. The van der Waals surface area contributed by atoms with Gasteiger partial charge in [-0.05, 0) is 56.6 Å². The fourth-order valence-corrected chi connectivity index (χ4v) is 2.81. The molecule has 2 N–H and O–H groups in total. The van der Waals surface area contributed by atoms with Crippen molar-refractivity contribution in [3.8, 4) is 0 Å². The first kappa shape index (κ1) is 17.9. The number of hydrogen-bond donors (Lipinski definition) is 2. The molecule has 0 radical (unpaired) electrons. The van der Waals surface area contributed by atoms with Gasteiger partial charge in [-0.25, -0.2) is 4.39 Å². The first-order valence-electron chi connectivity index (χ1n) is 7.07. The second-order valence-corrected chi connectivity index (χ2v) is 6.83. The van der Waals surface area contributed by atoms with Crippen molar-refractivity contribution in [2.45, 2.75) is 26.7 Å². The number of nitrogens with zero attached hydrogens (tertiary/aromatic N) is 1. The number of nitrogens with one attached hydrogen (secondary N) is 2. The molecule has 0 heterocycles. The molecular weight excluding hydrogens is 293 g/mol. The van der Waals surface area contributed by atoms with Gasteiger partial charge in [0.25, 0.3) is 0 Å². The Hall–Kier alpha value is -1.18. The van der Waals surface area contributed by atoms with Gasteiger partial charge in [0, 0.05) is 13.6 Å². The van der Waals surface area contributed by atoms with E-state index in [1.54, 1.807) is 13.0 Å². The van der Waals surface area contributed by atoms with Crippen molar-refractivity contribution in [3.05, 3.63) is 29.6 Å². The Balaban J connectivity index is 2.55. The number of hydrogen-bond acceptors (Lipinski definition) is 3. The van der Waals surface area contributed by atoms with Crippen molar-refractivity contribution < 1.29 is 12.8 Å². The first-order chi connectivity index (χ1) is 9.85. The Kier molecular flexibility index (Phi) is 7.07. The van der Waals surface area contributed by atoms with Gasteiger partial charge >= 0.3 is 10.2 Å². The van der Waals surface area contributed by atoms with Crippen molar-refractivity contribution in [2.24, 2.45) is 0 Å². The average Bonchev–Trinajstić information content (AvgIpc) is 2.36. The van der Waals surface area contributed by atoms with Crippen LogP contribution in [0.2, 0.25) is 0 Å². The third-order valence-corrected chi connectivity index (χ3v) is 4.45. The lowest BCUT2D eigenvalue weighted by Gasteiger charge is -2.18. The van der Waals surface area contributed by atoms with E-state index in [4.69, 9.17) is 0 Å². The molecule has 0 amide bonds. The summed E-state index contributed by atoms with van der Waals surface area (Å²) >= 11 is 0. The number of rotatable bonds is 9. The maximum atomic E-state index is 13.3. The molecule has 0 bridgehead atoms. The second kappa shape index (κ2) is 8.31. The predicted molar refractivity (Wildman–Crippen MR) is 84.1 cm³/mol. The molecule has 0 atom stereocenters. The van der Waals surface area contributed by atoms with Crippen LogP contribution in [0.15, 0.2) is 18.2 Å². The molecule has 0 aliphatic rings. The Labute approximate surface area is 126 Å². The molecular formula is C14H24FN3O2S. The summed E-state index contributed by atoms with van der Waals surface area (Å²) in [6.45, 7) is 5.89. The highest BCUT2D eigenvalue weighted by atomic mass is 32.2. The van der Waals surface area contributed by atoms with Crippen LogP contribution in [0.5, 0.6) is 0 Å². The molecule has 1 rings (SSSR count). The molecule has 7 heteroatoms. The zero-order chi connectivity index (χ0) is 15.9. The number of anilines is 1. The van der Waals surface area contributed by atoms with E-state index in [-0.39, 0.29) is 5.69 Å². The van der Waals surface area contributed by atoms with Crippen LogP contribution in [0.3, 0.4) is 0 Å². The van der Waals surface area contributed by atoms with Crippen LogP contribution in [0.4, 0.5) is 10.1 Å². The minimum Gasteiger partial charge on any atom is -0.317 e. The fraction of sp³-hybridized carbons (Fsp3) is 0.571. The summed E-state index contributed by atoms with van der Waals surface area (Å²) in [4.78, 5) is 0. The zero-order valence-corrected chi connectivity index (χ0v) is 13.6. The summed E-state index contributed by atoms with van der Waals surface area (Å²) in [5, 5.41) is 3.22. The first-order valence-corrected chi connectivity index (χ1v) is 8.51. The maximum Gasteiger partial charge on any atom is 0.301 e. The van der Waals surface area contributed by atoms with Gasteiger partial charge in [-0.15, -0.1) is 0 Å². The number of aryl methyl sites for hydroxylation is 1. The van der Waals surface area contributed by atoms with Gasteiger partial charge in [0.05, 0.1) is 5.69 Å². The molecule has 0 aromatic heterocycles. The Morgan fingerprint density at radius 3 is 2.57 bits per heavy atom. The molecule has 0 unspecified atom stereocenters. The van der Waals surface area contributed by atoms with Crippen LogP contribution in [0, 0.1) is 12.7 Å². The Morgan fingerprint density at radius 2 is 1.95 bits per heavy atom. The lowest BCUT2D eigenvalue weighted by Crippen LogP contribution is -2.34.